The lowest BCUT2D eigenvalue weighted by Gasteiger charge is -2.35. The molecular weight excluding hydrogens is 469 g/mol. The maximum atomic E-state index is 13.1. The van der Waals surface area contributed by atoms with E-state index >= 15 is 0 Å². The van der Waals surface area contributed by atoms with Crippen LogP contribution in [0.1, 0.15) is 27.2 Å². The Morgan fingerprint density at radius 2 is 1.88 bits per heavy atom. The van der Waals surface area contributed by atoms with Crippen LogP contribution in [-0.2, 0) is 6.42 Å². The third-order valence-electron chi connectivity index (χ3n) is 5.85. The molecule has 2 aliphatic heterocycles. The predicted octanol–water partition coefficient (Wildman–Crippen LogP) is 3.63. The molecule has 2 N–H and O–H groups in total. The number of carbonyl (C=O) groups is 1. The number of benzene rings is 1. The van der Waals surface area contributed by atoms with Crippen LogP contribution in [0, 0.1) is 11.3 Å². The molecule has 0 bridgehead atoms. The van der Waals surface area contributed by atoms with E-state index in [0.717, 1.165) is 54.1 Å². The SMILES string of the molecule is Cl.Cl.N#Cc1ccc(N2CCN(C(=O)c3ccc4c5c(c(=O)[nH]c4c3)CCCN5)CC2)s1. The Bertz CT molecular complexity index is 1240. The molecule has 1 amide bonds. The molecule has 0 unspecified atom stereocenters. The minimum Gasteiger partial charge on any atom is -0.384 e. The maximum absolute atomic E-state index is 13.1. The van der Waals surface area contributed by atoms with Gasteiger partial charge in [-0.2, -0.15) is 5.26 Å². The number of aromatic nitrogens is 1. The molecule has 10 heteroatoms. The largest absolute Gasteiger partial charge is 0.384 e. The van der Waals surface area contributed by atoms with Gasteiger partial charge in [-0.15, -0.1) is 36.2 Å². The lowest BCUT2D eigenvalue weighted by atomic mass is 10.0. The number of fused-ring (bicyclic) bond motifs is 3. The second kappa shape index (κ2) is 9.82. The highest BCUT2D eigenvalue weighted by atomic mass is 35.5. The number of hydrogen-bond acceptors (Lipinski definition) is 6. The van der Waals surface area contributed by atoms with E-state index in [9.17, 15) is 9.59 Å². The highest BCUT2D eigenvalue weighted by Crippen LogP contribution is 2.29. The summed E-state index contributed by atoms with van der Waals surface area (Å²) in [5.41, 5.74) is 2.92. The number of hydrogen-bond donors (Lipinski definition) is 2. The first kappa shape index (κ1) is 23.9. The molecule has 1 aromatic carbocycles. The van der Waals surface area contributed by atoms with Crippen LogP contribution in [-0.4, -0.2) is 48.5 Å². The van der Waals surface area contributed by atoms with Gasteiger partial charge in [0.05, 0.1) is 16.2 Å². The fourth-order valence-corrected chi connectivity index (χ4v) is 5.12. The van der Waals surface area contributed by atoms with E-state index in [0.29, 0.717) is 29.0 Å². The molecule has 168 valence electrons. The summed E-state index contributed by atoms with van der Waals surface area (Å²) in [5.74, 6) is -0.0213. The summed E-state index contributed by atoms with van der Waals surface area (Å²) in [5, 5.41) is 14.4. The van der Waals surface area contributed by atoms with Crippen molar-refractivity contribution in [2.75, 3.05) is 42.9 Å². The Labute approximate surface area is 201 Å². The van der Waals surface area contributed by atoms with Crippen molar-refractivity contribution in [3.63, 3.8) is 0 Å². The standard InChI is InChI=1S/C22H21N5O2S.2ClH/c23-13-15-4-6-19(30-15)26-8-10-27(11-9-26)22(29)14-3-5-16-18(12-14)25-21(28)17-2-1-7-24-20(16)17;;/h3-6,12,24H,1-2,7-11H2,(H,25,28);2*1H. The third-order valence-corrected chi connectivity index (χ3v) is 6.90. The molecule has 4 heterocycles. The summed E-state index contributed by atoms with van der Waals surface area (Å²) < 4.78 is 0. The van der Waals surface area contributed by atoms with Crippen molar-refractivity contribution in [1.29, 1.82) is 5.26 Å². The van der Waals surface area contributed by atoms with Crippen molar-refractivity contribution in [1.82, 2.24) is 9.88 Å². The molecule has 7 nitrogen and oxygen atoms in total. The van der Waals surface area contributed by atoms with Gasteiger partial charge in [-0.05, 0) is 43.2 Å². The van der Waals surface area contributed by atoms with Crippen molar-refractivity contribution in [2.45, 2.75) is 12.8 Å². The van der Waals surface area contributed by atoms with Crippen LogP contribution in [0.4, 0.5) is 10.7 Å². The number of pyridine rings is 1. The number of nitriles is 1. The smallest absolute Gasteiger partial charge is 0.254 e. The van der Waals surface area contributed by atoms with Gasteiger partial charge in [0.15, 0.2) is 0 Å². The van der Waals surface area contributed by atoms with Gasteiger partial charge in [0.2, 0.25) is 0 Å². The van der Waals surface area contributed by atoms with Crippen molar-refractivity contribution >= 4 is 63.6 Å². The molecule has 1 saturated heterocycles. The summed E-state index contributed by atoms with van der Waals surface area (Å²) >= 11 is 1.48. The Kier molecular flexibility index (Phi) is 7.34. The van der Waals surface area contributed by atoms with Crippen LogP contribution in [0.25, 0.3) is 10.9 Å². The van der Waals surface area contributed by atoms with E-state index in [1.165, 1.54) is 11.3 Å². The van der Waals surface area contributed by atoms with E-state index < -0.39 is 0 Å². The number of rotatable bonds is 2. The van der Waals surface area contributed by atoms with Crippen LogP contribution < -0.4 is 15.8 Å². The number of halogens is 2. The zero-order valence-electron chi connectivity index (χ0n) is 17.2. The average molecular weight is 492 g/mol. The molecular formula is C22H23Cl2N5O2S. The van der Waals surface area contributed by atoms with Crippen LogP contribution in [0.2, 0.25) is 0 Å². The zero-order chi connectivity index (χ0) is 20.7. The second-order valence-corrected chi connectivity index (χ2v) is 8.69. The number of piperazine rings is 1. The molecule has 0 saturated carbocycles. The van der Waals surface area contributed by atoms with Crippen LogP contribution >= 0.6 is 36.2 Å². The normalized spacial score (nSPS) is 15.1. The Morgan fingerprint density at radius 1 is 1.09 bits per heavy atom. The monoisotopic (exact) mass is 491 g/mol. The van der Waals surface area contributed by atoms with Gasteiger partial charge in [0.1, 0.15) is 10.9 Å². The first-order valence-electron chi connectivity index (χ1n) is 10.1. The molecule has 5 rings (SSSR count). The molecule has 0 aliphatic carbocycles. The van der Waals surface area contributed by atoms with Gasteiger partial charge < -0.3 is 20.1 Å². The van der Waals surface area contributed by atoms with Gasteiger partial charge in [-0.25, -0.2) is 0 Å². The maximum Gasteiger partial charge on any atom is 0.254 e. The van der Waals surface area contributed by atoms with Crippen molar-refractivity contribution in [2.24, 2.45) is 0 Å². The van der Waals surface area contributed by atoms with Crippen molar-refractivity contribution < 1.29 is 4.79 Å². The van der Waals surface area contributed by atoms with Crippen LogP contribution in [0.15, 0.2) is 35.1 Å². The van der Waals surface area contributed by atoms with Gasteiger partial charge >= 0.3 is 0 Å². The number of carbonyl (C=O) groups excluding carboxylic acids is 1. The summed E-state index contributed by atoms with van der Waals surface area (Å²) in [6.07, 6.45) is 1.73. The van der Waals surface area contributed by atoms with Gasteiger partial charge in [-0.3, -0.25) is 9.59 Å². The number of nitrogens with zero attached hydrogens (tertiary/aromatic N) is 3. The first-order valence-corrected chi connectivity index (χ1v) is 10.9. The fourth-order valence-electron chi connectivity index (χ4n) is 4.26. The van der Waals surface area contributed by atoms with Crippen LogP contribution in [0.3, 0.4) is 0 Å². The molecule has 0 atom stereocenters. The Morgan fingerprint density at radius 3 is 2.59 bits per heavy atom. The molecule has 2 aliphatic rings. The lowest BCUT2D eigenvalue weighted by Crippen LogP contribution is -2.48. The Balaban J connectivity index is 0.00000144. The van der Waals surface area contributed by atoms with Gasteiger partial charge in [-0.1, -0.05) is 0 Å². The number of aromatic amines is 1. The summed E-state index contributed by atoms with van der Waals surface area (Å²) in [6, 6.07) is 11.5. The summed E-state index contributed by atoms with van der Waals surface area (Å²) in [4.78, 5) is 33.2. The number of anilines is 2. The zero-order valence-corrected chi connectivity index (χ0v) is 19.7. The number of H-pyrrole nitrogens is 1. The van der Waals surface area contributed by atoms with E-state index in [2.05, 4.69) is 21.3 Å². The van der Waals surface area contributed by atoms with E-state index in [1.807, 2.05) is 29.2 Å². The minimum absolute atomic E-state index is 0. The molecule has 32 heavy (non-hydrogen) atoms. The highest BCUT2D eigenvalue weighted by molar-refractivity contribution is 7.16. The summed E-state index contributed by atoms with van der Waals surface area (Å²) in [6.45, 7) is 3.58. The van der Waals surface area contributed by atoms with Crippen molar-refractivity contribution in [3.05, 3.63) is 56.7 Å². The quantitative estimate of drug-likeness (QED) is 0.570. The molecule has 3 aromatic rings. The first-order chi connectivity index (χ1) is 14.6. The molecule has 0 spiro atoms. The highest BCUT2D eigenvalue weighted by Gasteiger charge is 2.24. The van der Waals surface area contributed by atoms with Crippen molar-refractivity contribution in [3.8, 4) is 6.07 Å². The van der Waals surface area contributed by atoms with Gasteiger partial charge in [0.25, 0.3) is 11.5 Å². The predicted molar refractivity (Wildman–Crippen MR) is 133 cm³/mol. The topological polar surface area (TPSA) is 92.2 Å². The van der Waals surface area contributed by atoms with E-state index in [4.69, 9.17) is 5.26 Å². The minimum atomic E-state index is -0.0735. The molecule has 2 aromatic heterocycles. The lowest BCUT2D eigenvalue weighted by molar-refractivity contribution is 0.0747. The second-order valence-electron chi connectivity index (χ2n) is 7.63. The number of nitrogens with one attached hydrogen (secondary N) is 2. The third kappa shape index (κ3) is 4.29. The molecule has 1 fully saturated rings. The molecule has 0 radical (unpaired) electrons. The number of thiophene rings is 1. The number of amides is 1. The summed E-state index contributed by atoms with van der Waals surface area (Å²) in [7, 11) is 0. The van der Waals surface area contributed by atoms with E-state index in [-0.39, 0.29) is 36.3 Å². The van der Waals surface area contributed by atoms with Crippen LogP contribution in [0.5, 0.6) is 0 Å². The van der Waals surface area contributed by atoms with Gasteiger partial charge in [0, 0.05) is 49.2 Å². The fraction of sp³-hybridized carbons (Fsp3) is 0.318. The Hall–Kier alpha value is -2.73. The van der Waals surface area contributed by atoms with E-state index in [1.54, 1.807) is 6.07 Å². The average Bonchev–Trinajstić information content (AvgIpc) is 3.28.